The second-order valence-corrected chi connectivity index (χ2v) is 5.89. The van der Waals surface area contributed by atoms with Gasteiger partial charge in [0.2, 0.25) is 0 Å². The van der Waals surface area contributed by atoms with Crippen molar-refractivity contribution in [3.8, 4) is 5.75 Å². The summed E-state index contributed by atoms with van der Waals surface area (Å²) in [4.78, 5) is 17.8. The standard InChI is InChI=1S/C14H23O4P.Na.H/c1-3-5-7-12-9-10-14(18-19(15,16)17)13(11-12)8-6-4-2;;/h9-11H,3-8H2,1-2H3,(H2,15,16,17);;/q;+1;-1. The second kappa shape index (κ2) is 9.99. The van der Waals surface area contributed by atoms with Gasteiger partial charge in [-0.05, 0) is 42.9 Å². The average molecular weight is 310 g/mol. The Hall–Kier alpha value is 0.170. The van der Waals surface area contributed by atoms with Crippen LogP contribution in [0.3, 0.4) is 0 Å². The normalized spacial score (nSPS) is 11.0. The van der Waals surface area contributed by atoms with E-state index in [4.69, 9.17) is 14.3 Å². The van der Waals surface area contributed by atoms with Crippen LogP contribution in [0.15, 0.2) is 18.2 Å². The maximum Gasteiger partial charge on any atom is 1.00 e. The minimum atomic E-state index is -4.48. The first-order chi connectivity index (χ1) is 8.96. The maximum absolute atomic E-state index is 11.0. The summed E-state index contributed by atoms with van der Waals surface area (Å²) in [6.45, 7) is 4.23. The molecule has 0 aromatic heterocycles. The maximum atomic E-state index is 11.0. The fraction of sp³-hybridized carbons (Fsp3) is 0.571. The van der Waals surface area contributed by atoms with Crippen LogP contribution in [0.1, 0.15) is 52.1 Å². The minimum Gasteiger partial charge on any atom is -1.00 e. The average Bonchev–Trinajstić information content (AvgIpc) is 2.34. The van der Waals surface area contributed by atoms with E-state index in [1.54, 1.807) is 6.07 Å². The largest absolute Gasteiger partial charge is 1.00 e. The van der Waals surface area contributed by atoms with Crippen LogP contribution in [0.4, 0.5) is 0 Å². The first-order valence-electron chi connectivity index (χ1n) is 6.83. The van der Waals surface area contributed by atoms with E-state index in [0.717, 1.165) is 44.1 Å². The molecule has 0 aliphatic carbocycles. The minimum absolute atomic E-state index is 0. The molecular weight excluding hydrogens is 286 g/mol. The molecule has 0 spiro atoms. The first-order valence-corrected chi connectivity index (χ1v) is 8.36. The van der Waals surface area contributed by atoms with Gasteiger partial charge in [0.25, 0.3) is 0 Å². The zero-order valence-corrected chi connectivity index (χ0v) is 15.5. The summed E-state index contributed by atoms with van der Waals surface area (Å²) >= 11 is 0. The molecule has 6 heteroatoms. The molecule has 1 aromatic carbocycles. The smallest absolute Gasteiger partial charge is 1.00 e. The van der Waals surface area contributed by atoms with E-state index in [1.165, 1.54) is 5.56 Å². The van der Waals surface area contributed by atoms with E-state index in [0.29, 0.717) is 5.75 Å². The van der Waals surface area contributed by atoms with Crippen molar-refractivity contribution in [2.75, 3.05) is 0 Å². The van der Waals surface area contributed by atoms with E-state index >= 15 is 0 Å². The molecule has 4 nitrogen and oxygen atoms in total. The van der Waals surface area contributed by atoms with Gasteiger partial charge < -0.3 is 5.95 Å². The Balaban J connectivity index is 0. The van der Waals surface area contributed by atoms with Crippen LogP contribution < -0.4 is 34.1 Å². The number of hydrogen-bond donors (Lipinski definition) is 2. The Kier molecular flexibility index (Phi) is 10.1. The number of unbranched alkanes of at least 4 members (excludes halogenated alkanes) is 2. The topological polar surface area (TPSA) is 66.8 Å². The summed E-state index contributed by atoms with van der Waals surface area (Å²) < 4.78 is 15.7. The van der Waals surface area contributed by atoms with Gasteiger partial charge in [0.15, 0.2) is 0 Å². The van der Waals surface area contributed by atoms with E-state index in [-0.39, 0.29) is 31.0 Å². The van der Waals surface area contributed by atoms with Gasteiger partial charge in [0.05, 0.1) is 0 Å². The van der Waals surface area contributed by atoms with Gasteiger partial charge in [-0.25, -0.2) is 4.57 Å². The molecule has 0 amide bonds. The van der Waals surface area contributed by atoms with E-state index < -0.39 is 7.82 Å². The number of rotatable bonds is 8. The summed E-state index contributed by atoms with van der Waals surface area (Å²) in [5, 5.41) is 0. The molecule has 0 atom stereocenters. The second-order valence-electron chi connectivity index (χ2n) is 4.73. The number of benzene rings is 1. The van der Waals surface area contributed by atoms with Gasteiger partial charge in [-0.3, -0.25) is 9.79 Å². The third kappa shape index (κ3) is 7.82. The van der Waals surface area contributed by atoms with Gasteiger partial charge in [-0.15, -0.1) is 0 Å². The molecule has 0 bridgehead atoms. The van der Waals surface area contributed by atoms with Crippen molar-refractivity contribution in [2.24, 2.45) is 0 Å². The molecule has 0 fully saturated rings. The van der Waals surface area contributed by atoms with E-state index in [2.05, 4.69) is 13.8 Å². The van der Waals surface area contributed by atoms with Gasteiger partial charge >= 0.3 is 37.4 Å². The number of aryl methyl sites for hydroxylation is 2. The van der Waals surface area contributed by atoms with Crippen molar-refractivity contribution in [2.45, 2.75) is 52.4 Å². The molecule has 1 rings (SSSR count). The Morgan fingerprint density at radius 3 is 2.30 bits per heavy atom. The summed E-state index contributed by atoms with van der Waals surface area (Å²) in [7, 11) is -4.48. The fourth-order valence-corrected chi connectivity index (χ4v) is 2.38. The quantitative estimate of drug-likeness (QED) is 0.554. The predicted molar refractivity (Wildman–Crippen MR) is 77.5 cm³/mol. The molecule has 0 saturated carbocycles. The Labute approximate surface area is 145 Å². The molecule has 20 heavy (non-hydrogen) atoms. The van der Waals surface area contributed by atoms with Crippen LogP contribution in [0.2, 0.25) is 0 Å². The summed E-state index contributed by atoms with van der Waals surface area (Å²) in [6, 6.07) is 5.57. The van der Waals surface area contributed by atoms with Crippen molar-refractivity contribution in [1.82, 2.24) is 0 Å². The van der Waals surface area contributed by atoms with Crippen molar-refractivity contribution in [3.05, 3.63) is 29.3 Å². The van der Waals surface area contributed by atoms with Gasteiger partial charge in [-0.1, -0.05) is 38.8 Å². The molecule has 0 radical (unpaired) electrons. The molecule has 0 aliphatic heterocycles. The molecular formula is C14H24NaO4P. The molecule has 0 heterocycles. The van der Waals surface area contributed by atoms with Crippen molar-refractivity contribution >= 4 is 7.82 Å². The van der Waals surface area contributed by atoms with Crippen LogP contribution in [0.25, 0.3) is 0 Å². The zero-order chi connectivity index (χ0) is 14.3. The van der Waals surface area contributed by atoms with Crippen LogP contribution in [-0.2, 0) is 17.4 Å². The summed E-state index contributed by atoms with van der Waals surface area (Å²) in [5.74, 6) is 0.307. The van der Waals surface area contributed by atoms with Crippen LogP contribution in [0, 0.1) is 0 Å². The van der Waals surface area contributed by atoms with Crippen molar-refractivity contribution in [3.63, 3.8) is 0 Å². The Morgan fingerprint density at radius 1 is 1.15 bits per heavy atom. The monoisotopic (exact) mass is 310 g/mol. The molecule has 0 aliphatic rings. The van der Waals surface area contributed by atoms with Crippen molar-refractivity contribution < 1.29 is 49.9 Å². The SMILES string of the molecule is CCCCc1ccc(OP(=O)(O)O)c(CCCC)c1.[H-].[Na+]. The van der Waals surface area contributed by atoms with Crippen LogP contribution in [-0.4, -0.2) is 9.79 Å². The summed E-state index contributed by atoms with van der Waals surface area (Å²) in [5.41, 5.74) is 2.09. The number of phosphoric ester groups is 1. The predicted octanol–water partition coefficient (Wildman–Crippen LogP) is 0.960. The fourth-order valence-electron chi connectivity index (χ4n) is 1.95. The molecule has 0 unspecified atom stereocenters. The van der Waals surface area contributed by atoms with Crippen LogP contribution in [0.5, 0.6) is 5.75 Å². The van der Waals surface area contributed by atoms with Crippen LogP contribution >= 0.6 is 7.82 Å². The number of hydrogen-bond acceptors (Lipinski definition) is 2. The van der Waals surface area contributed by atoms with E-state index in [9.17, 15) is 4.57 Å². The number of phosphoric acid groups is 1. The Morgan fingerprint density at radius 2 is 1.75 bits per heavy atom. The molecule has 110 valence electrons. The first kappa shape index (κ1) is 20.2. The van der Waals surface area contributed by atoms with Gasteiger partial charge in [0, 0.05) is 0 Å². The molecule has 0 saturated heterocycles. The molecule has 1 aromatic rings. The summed E-state index contributed by atoms with van der Waals surface area (Å²) in [6.07, 6.45) is 6.04. The van der Waals surface area contributed by atoms with Gasteiger partial charge in [-0.2, -0.15) is 0 Å². The van der Waals surface area contributed by atoms with Crippen molar-refractivity contribution in [1.29, 1.82) is 0 Å². The van der Waals surface area contributed by atoms with Gasteiger partial charge in [0.1, 0.15) is 5.75 Å². The third-order valence-corrected chi connectivity index (χ3v) is 3.40. The van der Waals surface area contributed by atoms with E-state index in [1.807, 2.05) is 12.1 Å². The zero-order valence-electron chi connectivity index (χ0n) is 13.6. The Bertz CT molecular complexity index is 451. The molecule has 2 N–H and O–H groups in total. The third-order valence-electron chi connectivity index (χ3n) is 2.96.